The van der Waals surface area contributed by atoms with Crippen LogP contribution in [0.4, 0.5) is 0 Å². The molecule has 0 spiro atoms. The van der Waals surface area contributed by atoms with Gasteiger partial charge in [-0.3, -0.25) is 0 Å². The third kappa shape index (κ3) is 5.13. The van der Waals surface area contributed by atoms with Crippen LogP contribution < -0.4 is 4.72 Å². The maximum Gasteiger partial charge on any atom is 0.240 e. The average Bonchev–Trinajstić information content (AvgIpc) is 2.47. The quantitative estimate of drug-likeness (QED) is 0.780. The first-order chi connectivity index (χ1) is 10.7. The minimum absolute atomic E-state index is 0.00222. The molecule has 10 heteroatoms. The standard InChI is InChI=1S/C13H19ClN2O5S2/c1-11-10-16(6-7-21-11)22(17,18)8-5-15-23(19,20)13-4-2-3-12(14)9-13/h2-4,9,11,15H,5-8,10H2,1H3. The van der Waals surface area contributed by atoms with Crippen molar-refractivity contribution >= 4 is 31.6 Å². The fourth-order valence-electron chi connectivity index (χ4n) is 2.19. The van der Waals surface area contributed by atoms with Crippen LogP contribution in [0.15, 0.2) is 29.2 Å². The van der Waals surface area contributed by atoms with E-state index in [1.165, 1.54) is 22.5 Å². The predicted molar refractivity (Wildman–Crippen MR) is 87.4 cm³/mol. The normalized spacial score (nSPS) is 20.5. The average molecular weight is 383 g/mol. The highest BCUT2D eigenvalue weighted by Gasteiger charge is 2.27. The zero-order valence-electron chi connectivity index (χ0n) is 12.6. The predicted octanol–water partition coefficient (Wildman–Crippen LogP) is 0.669. The Morgan fingerprint density at radius 1 is 1.35 bits per heavy atom. The van der Waals surface area contributed by atoms with Gasteiger partial charge in [0.2, 0.25) is 20.0 Å². The molecule has 0 aliphatic carbocycles. The number of halogens is 1. The second-order valence-electron chi connectivity index (χ2n) is 5.21. The zero-order chi connectivity index (χ0) is 17.1. The summed E-state index contributed by atoms with van der Waals surface area (Å²) in [6.45, 7) is 2.50. The Bertz CT molecular complexity index is 751. The molecule has 1 atom stereocenters. The van der Waals surface area contributed by atoms with E-state index in [-0.39, 0.29) is 36.4 Å². The fraction of sp³-hybridized carbons (Fsp3) is 0.538. The molecule has 1 aromatic rings. The summed E-state index contributed by atoms with van der Waals surface area (Å²) in [7, 11) is -7.32. The van der Waals surface area contributed by atoms with E-state index in [4.69, 9.17) is 16.3 Å². The Morgan fingerprint density at radius 3 is 2.74 bits per heavy atom. The molecule has 130 valence electrons. The van der Waals surface area contributed by atoms with Gasteiger partial charge in [0, 0.05) is 24.7 Å². The fourth-order valence-corrected chi connectivity index (χ4v) is 5.06. The molecule has 1 aromatic carbocycles. The highest BCUT2D eigenvalue weighted by molar-refractivity contribution is 7.90. The van der Waals surface area contributed by atoms with Gasteiger partial charge >= 0.3 is 0 Å². The first-order valence-electron chi connectivity index (χ1n) is 7.05. The lowest BCUT2D eigenvalue weighted by atomic mass is 10.3. The summed E-state index contributed by atoms with van der Waals surface area (Å²) in [6, 6.07) is 5.78. The Labute approximate surface area is 141 Å². The number of rotatable bonds is 6. The van der Waals surface area contributed by atoms with Crippen LogP contribution in [0, 0.1) is 0 Å². The van der Waals surface area contributed by atoms with Crippen molar-refractivity contribution < 1.29 is 21.6 Å². The Kier molecular flexibility index (Phi) is 6.04. The van der Waals surface area contributed by atoms with Gasteiger partial charge in [0.05, 0.1) is 23.4 Å². The minimum Gasteiger partial charge on any atom is -0.376 e. The SMILES string of the molecule is CC1CN(S(=O)(=O)CCNS(=O)(=O)c2cccc(Cl)c2)CCO1. The summed E-state index contributed by atoms with van der Waals surface area (Å²) in [4.78, 5) is 0.00222. The Balaban J connectivity index is 1.95. The molecule has 7 nitrogen and oxygen atoms in total. The maximum atomic E-state index is 12.2. The number of benzene rings is 1. The molecule has 0 radical (unpaired) electrons. The van der Waals surface area contributed by atoms with E-state index in [9.17, 15) is 16.8 Å². The molecule has 2 rings (SSSR count). The van der Waals surface area contributed by atoms with Gasteiger partial charge in [-0.2, -0.15) is 4.31 Å². The number of ether oxygens (including phenoxy) is 1. The molecule has 1 heterocycles. The first kappa shape index (κ1) is 18.6. The lowest BCUT2D eigenvalue weighted by molar-refractivity contribution is 0.0102. The van der Waals surface area contributed by atoms with Crippen molar-refractivity contribution in [1.82, 2.24) is 9.03 Å². The van der Waals surface area contributed by atoms with Crippen molar-refractivity contribution in [3.63, 3.8) is 0 Å². The first-order valence-corrected chi connectivity index (χ1v) is 10.5. The van der Waals surface area contributed by atoms with E-state index in [1.54, 1.807) is 13.0 Å². The molecule has 0 saturated carbocycles. The smallest absolute Gasteiger partial charge is 0.240 e. The third-order valence-corrected chi connectivity index (χ3v) is 6.89. The molecule has 1 saturated heterocycles. The van der Waals surface area contributed by atoms with Crippen LogP contribution in [-0.2, 0) is 24.8 Å². The second kappa shape index (κ2) is 7.45. The van der Waals surface area contributed by atoms with Crippen molar-refractivity contribution in [3.8, 4) is 0 Å². The van der Waals surface area contributed by atoms with Crippen LogP contribution in [0.5, 0.6) is 0 Å². The van der Waals surface area contributed by atoms with Gasteiger partial charge in [-0.05, 0) is 25.1 Å². The monoisotopic (exact) mass is 382 g/mol. The molecule has 0 aromatic heterocycles. The van der Waals surface area contributed by atoms with E-state index < -0.39 is 20.0 Å². The number of nitrogens with zero attached hydrogens (tertiary/aromatic N) is 1. The number of morpholine rings is 1. The minimum atomic E-state index is -3.79. The summed E-state index contributed by atoms with van der Waals surface area (Å²) >= 11 is 5.77. The van der Waals surface area contributed by atoms with E-state index in [0.717, 1.165) is 0 Å². The molecule has 0 amide bonds. The lowest BCUT2D eigenvalue weighted by Gasteiger charge is -2.30. The highest BCUT2D eigenvalue weighted by atomic mass is 35.5. The molecule has 23 heavy (non-hydrogen) atoms. The second-order valence-corrected chi connectivity index (χ2v) is 9.50. The Hall–Kier alpha value is -0.710. The lowest BCUT2D eigenvalue weighted by Crippen LogP contribution is -2.46. The van der Waals surface area contributed by atoms with Crippen LogP contribution in [0.2, 0.25) is 5.02 Å². The third-order valence-electron chi connectivity index (χ3n) is 3.36. The van der Waals surface area contributed by atoms with E-state index >= 15 is 0 Å². The number of sulfonamides is 2. The summed E-state index contributed by atoms with van der Waals surface area (Å²) in [6.07, 6.45) is -0.165. The van der Waals surface area contributed by atoms with Gasteiger partial charge in [-0.25, -0.2) is 21.6 Å². The van der Waals surface area contributed by atoms with Crippen LogP contribution in [0.3, 0.4) is 0 Å². The molecule has 1 N–H and O–H groups in total. The van der Waals surface area contributed by atoms with E-state index in [0.29, 0.717) is 11.6 Å². The Morgan fingerprint density at radius 2 is 2.09 bits per heavy atom. The topological polar surface area (TPSA) is 92.8 Å². The summed E-state index contributed by atoms with van der Waals surface area (Å²) in [5.41, 5.74) is 0. The molecular weight excluding hydrogens is 364 g/mol. The molecule has 1 aliphatic heterocycles. The van der Waals surface area contributed by atoms with Crippen LogP contribution in [0.25, 0.3) is 0 Å². The van der Waals surface area contributed by atoms with E-state index in [2.05, 4.69) is 4.72 Å². The van der Waals surface area contributed by atoms with Crippen molar-refractivity contribution in [2.45, 2.75) is 17.9 Å². The zero-order valence-corrected chi connectivity index (χ0v) is 15.0. The van der Waals surface area contributed by atoms with Crippen molar-refractivity contribution in [2.24, 2.45) is 0 Å². The van der Waals surface area contributed by atoms with Gasteiger partial charge in [-0.1, -0.05) is 17.7 Å². The van der Waals surface area contributed by atoms with Gasteiger partial charge in [0.15, 0.2) is 0 Å². The van der Waals surface area contributed by atoms with Crippen molar-refractivity contribution in [2.75, 3.05) is 32.0 Å². The van der Waals surface area contributed by atoms with Gasteiger partial charge in [0.25, 0.3) is 0 Å². The summed E-state index contributed by atoms with van der Waals surface area (Å²) < 4.78 is 57.6. The molecule has 1 aliphatic rings. The largest absolute Gasteiger partial charge is 0.376 e. The van der Waals surface area contributed by atoms with Crippen LogP contribution in [0.1, 0.15) is 6.92 Å². The van der Waals surface area contributed by atoms with Gasteiger partial charge in [-0.15, -0.1) is 0 Å². The summed E-state index contributed by atoms with van der Waals surface area (Å²) in [5, 5.41) is 0.294. The van der Waals surface area contributed by atoms with Crippen LogP contribution >= 0.6 is 11.6 Å². The van der Waals surface area contributed by atoms with Gasteiger partial charge in [0.1, 0.15) is 0 Å². The number of hydrogen-bond donors (Lipinski definition) is 1. The summed E-state index contributed by atoms with van der Waals surface area (Å²) in [5.74, 6) is -0.306. The highest BCUT2D eigenvalue weighted by Crippen LogP contribution is 2.15. The molecule has 1 unspecified atom stereocenters. The molecule has 0 bridgehead atoms. The molecular formula is C13H19ClN2O5S2. The van der Waals surface area contributed by atoms with E-state index in [1.807, 2.05) is 0 Å². The van der Waals surface area contributed by atoms with Crippen LogP contribution in [-0.4, -0.2) is 59.2 Å². The van der Waals surface area contributed by atoms with Crippen molar-refractivity contribution in [3.05, 3.63) is 29.3 Å². The number of nitrogens with one attached hydrogen (secondary N) is 1. The van der Waals surface area contributed by atoms with Gasteiger partial charge < -0.3 is 4.74 Å². The van der Waals surface area contributed by atoms with Crippen molar-refractivity contribution in [1.29, 1.82) is 0 Å². The molecule has 1 fully saturated rings. The number of hydrogen-bond acceptors (Lipinski definition) is 5. The maximum absolute atomic E-state index is 12.2.